The fourth-order valence-corrected chi connectivity index (χ4v) is 1.34. The fourth-order valence-electron chi connectivity index (χ4n) is 1.34. The molecular formula is C12H19NO. The maximum atomic E-state index is 9.83. The second-order valence-corrected chi connectivity index (χ2v) is 4.02. The first kappa shape index (κ1) is 11.2. The third-order valence-electron chi connectivity index (χ3n) is 2.31. The summed E-state index contributed by atoms with van der Waals surface area (Å²) in [5, 5.41) is 9.83. The van der Waals surface area contributed by atoms with E-state index >= 15 is 0 Å². The Bertz CT molecular complexity index is 266. The topological polar surface area (TPSA) is 23.5 Å². The van der Waals surface area contributed by atoms with Crippen molar-refractivity contribution >= 4 is 0 Å². The zero-order valence-electron chi connectivity index (χ0n) is 9.20. The Morgan fingerprint density at radius 1 is 1.21 bits per heavy atom. The lowest BCUT2D eigenvalue weighted by Crippen LogP contribution is -2.15. The van der Waals surface area contributed by atoms with E-state index in [0.717, 1.165) is 18.5 Å². The average molecular weight is 193 g/mol. The van der Waals surface area contributed by atoms with Gasteiger partial charge in [0.2, 0.25) is 0 Å². The van der Waals surface area contributed by atoms with E-state index in [-0.39, 0.29) is 6.10 Å². The van der Waals surface area contributed by atoms with Crippen LogP contribution < -0.4 is 0 Å². The number of benzene rings is 1. The second kappa shape index (κ2) is 5.13. The van der Waals surface area contributed by atoms with Gasteiger partial charge in [-0.1, -0.05) is 29.8 Å². The van der Waals surface area contributed by atoms with Crippen molar-refractivity contribution in [3.8, 4) is 0 Å². The second-order valence-electron chi connectivity index (χ2n) is 4.02. The molecule has 1 N–H and O–H groups in total. The van der Waals surface area contributed by atoms with Gasteiger partial charge in [0, 0.05) is 6.54 Å². The highest BCUT2D eigenvalue weighted by atomic mass is 16.3. The molecule has 1 aromatic carbocycles. The molecule has 0 amide bonds. The Hall–Kier alpha value is -0.860. The number of aryl methyl sites for hydroxylation is 1. The van der Waals surface area contributed by atoms with Crippen molar-refractivity contribution in [2.45, 2.75) is 19.4 Å². The molecule has 0 heterocycles. The predicted octanol–water partition coefficient (Wildman–Crippen LogP) is 1.98. The summed E-state index contributed by atoms with van der Waals surface area (Å²) < 4.78 is 0. The first-order valence-electron chi connectivity index (χ1n) is 4.99. The van der Waals surface area contributed by atoms with Gasteiger partial charge in [0.25, 0.3) is 0 Å². The van der Waals surface area contributed by atoms with Crippen LogP contribution in [0, 0.1) is 6.92 Å². The first-order valence-corrected chi connectivity index (χ1v) is 4.99. The molecule has 78 valence electrons. The van der Waals surface area contributed by atoms with Crippen LogP contribution in [0.15, 0.2) is 24.3 Å². The first-order chi connectivity index (χ1) is 6.59. The van der Waals surface area contributed by atoms with Crippen LogP contribution in [0.1, 0.15) is 23.7 Å². The molecule has 0 radical (unpaired) electrons. The molecule has 2 heteroatoms. The monoisotopic (exact) mass is 193 g/mol. The Kier molecular flexibility index (Phi) is 4.11. The van der Waals surface area contributed by atoms with E-state index in [1.807, 2.05) is 38.4 Å². The minimum Gasteiger partial charge on any atom is -0.388 e. The molecule has 1 unspecified atom stereocenters. The molecule has 0 aliphatic rings. The summed E-state index contributed by atoms with van der Waals surface area (Å²) in [6, 6.07) is 8.06. The maximum Gasteiger partial charge on any atom is 0.0802 e. The van der Waals surface area contributed by atoms with E-state index in [1.165, 1.54) is 5.56 Å². The van der Waals surface area contributed by atoms with E-state index in [4.69, 9.17) is 0 Å². The lowest BCUT2D eigenvalue weighted by Gasteiger charge is -2.14. The van der Waals surface area contributed by atoms with Gasteiger partial charge in [0.15, 0.2) is 0 Å². The zero-order valence-corrected chi connectivity index (χ0v) is 9.20. The number of nitrogens with zero attached hydrogens (tertiary/aromatic N) is 1. The molecule has 0 bridgehead atoms. The molecule has 1 atom stereocenters. The molecule has 0 saturated heterocycles. The highest BCUT2D eigenvalue weighted by molar-refractivity contribution is 5.22. The Labute approximate surface area is 86.2 Å². The summed E-state index contributed by atoms with van der Waals surface area (Å²) in [5.41, 5.74) is 2.24. The van der Waals surface area contributed by atoms with Crippen LogP contribution >= 0.6 is 0 Å². The number of hydrogen-bond donors (Lipinski definition) is 1. The van der Waals surface area contributed by atoms with Crippen molar-refractivity contribution in [1.29, 1.82) is 0 Å². The summed E-state index contributed by atoms with van der Waals surface area (Å²) in [5.74, 6) is 0. The van der Waals surface area contributed by atoms with Crippen molar-refractivity contribution in [1.82, 2.24) is 4.90 Å². The van der Waals surface area contributed by atoms with E-state index in [2.05, 4.69) is 11.8 Å². The van der Waals surface area contributed by atoms with Gasteiger partial charge in [-0.05, 0) is 33.0 Å². The normalized spacial score (nSPS) is 13.2. The third-order valence-corrected chi connectivity index (χ3v) is 2.31. The number of aliphatic hydroxyl groups is 1. The van der Waals surface area contributed by atoms with Crippen molar-refractivity contribution in [2.24, 2.45) is 0 Å². The van der Waals surface area contributed by atoms with Crippen LogP contribution in [0.5, 0.6) is 0 Å². The molecule has 14 heavy (non-hydrogen) atoms. The third kappa shape index (κ3) is 3.48. The molecule has 0 aromatic heterocycles. The lowest BCUT2D eigenvalue weighted by atomic mass is 10.1. The largest absolute Gasteiger partial charge is 0.388 e. The number of hydrogen-bond acceptors (Lipinski definition) is 2. The smallest absolute Gasteiger partial charge is 0.0802 e. The van der Waals surface area contributed by atoms with Crippen molar-refractivity contribution in [2.75, 3.05) is 20.6 Å². The highest BCUT2D eigenvalue weighted by Gasteiger charge is 2.06. The minimum absolute atomic E-state index is 0.335. The maximum absolute atomic E-state index is 9.83. The van der Waals surface area contributed by atoms with Gasteiger partial charge in [-0.25, -0.2) is 0 Å². The SMILES string of the molecule is Cc1ccc(C(O)CCN(C)C)cc1. The molecule has 0 aliphatic carbocycles. The summed E-state index contributed by atoms with van der Waals surface area (Å²) in [6.07, 6.45) is 0.453. The summed E-state index contributed by atoms with van der Waals surface area (Å²) in [7, 11) is 4.03. The van der Waals surface area contributed by atoms with Crippen LogP contribution in [0.25, 0.3) is 0 Å². The average Bonchev–Trinajstić information content (AvgIpc) is 2.15. The van der Waals surface area contributed by atoms with Crippen LogP contribution in [-0.4, -0.2) is 30.6 Å². The molecule has 1 rings (SSSR count). The quantitative estimate of drug-likeness (QED) is 0.790. The number of rotatable bonds is 4. The van der Waals surface area contributed by atoms with Gasteiger partial charge < -0.3 is 10.0 Å². The van der Waals surface area contributed by atoms with E-state index < -0.39 is 0 Å². The van der Waals surface area contributed by atoms with Gasteiger partial charge in [0.1, 0.15) is 0 Å². The number of aliphatic hydroxyl groups excluding tert-OH is 1. The van der Waals surface area contributed by atoms with Gasteiger partial charge in [-0.2, -0.15) is 0 Å². The lowest BCUT2D eigenvalue weighted by molar-refractivity contribution is 0.154. The Morgan fingerprint density at radius 3 is 2.29 bits per heavy atom. The van der Waals surface area contributed by atoms with E-state index in [9.17, 15) is 5.11 Å². The summed E-state index contributed by atoms with van der Waals surface area (Å²) in [4.78, 5) is 2.08. The molecular weight excluding hydrogens is 174 g/mol. The van der Waals surface area contributed by atoms with Crippen LogP contribution in [-0.2, 0) is 0 Å². The zero-order chi connectivity index (χ0) is 10.6. The van der Waals surface area contributed by atoms with Gasteiger partial charge in [-0.3, -0.25) is 0 Å². The molecule has 0 fully saturated rings. The molecule has 2 nitrogen and oxygen atoms in total. The van der Waals surface area contributed by atoms with Crippen LogP contribution in [0.4, 0.5) is 0 Å². The molecule has 1 aromatic rings. The Morgan fingerprint density at radius 2 is 1.79 bits per heavy atom. The Balaban J connectivity index is 2.52. The minimum atomic E-state index is -0.335. The van der Waals surface area contributed by atoms with Gasteiger partial charge >= 0.3 is 0 Å². The van der Waals surface area contributed by atoms with E-state index in [0.29, 0.717) is 0 Å². The van der Waals surface area contributed by atoms with Gasteiger partial charge in [-0.15, -0.1) is 0 Å². The van der Waals surface area contributed by atoms with E-state index in [1.54, 1.807) is 0 Å². The predicted molar refractivity (Wildman–Crippen MR) is 59.3 cm³/mol. The van der Waals surface area contributed by atoms with Gasteiger partial charge in [0.05, 0.1) is 6.10 Å². The van der Waals surface area contributed by atoms with Crippen molar-refractivity contribution < 1.29 is 5.11 Å². The van der Waals surface area contributed by atoms with Crippen molar-refractivity contribution in [3.63, 3.8) is 0 Å². The van der Waals surface area contributed by atoms with Crippen LogP contribution in [0.2, 0.25) is 0 Å². The molecule has 0 saturated carbocycles. The molecule has 0 spiro atoms. The fraction of sp³-hybridized carbons (Fsp3) is 0.500. The summed E-state index contributed by atoms with van der Waals surface area (Å²) in [6.45, 7) is 2.96. The summed E-state index contributed by atoms with van der Waals surface area (Å²) >= 11 is 0. The standard InChI is InChI=1S/C12H19NO/c1-10-4-6-11(7-5-10)12(14)8-9-13(2)3/h4-7,12,14H,8-9H2,1-3H3. The van der Waals surface area contributed by atoms with Crippen molar-refractivity contribution in [3.05, 3.63) is 35.4 Å². The van der Waals surface area contributed by atoms with Crippen LogP contribution in [0.3, 0.4) is 0 Å². The molecule has 0 aliphatic heterocycles. The highest BCUT2D eigenvalue weighted by Crippen LogP contribution is 2.16.